The summed E-state index contributed by atoms with van der Waals surface area (Å²) in [4.78, 5) is 13.2. The summed E-state index contributed by atoms with van der Waals surface area (Å²) in [6, 6.07) is 31.1. The molecule has 4 aromatic carbocycles. The lowest BCUT2D eigenvalue weighted by Gasteiger charge is -2.13. The third-order valence-electron chi connectivity index (χ3n) is 6.54. The predicted molar refractivity (Wildman–Crippen MR) is 146 cm³/mol. The Balaban J connectivity index is 1.44. The smallest absolute Gasteiger partial charge is 0.355 e. The normalized spacial score (nSPS) is 11.2. The maximum absolute atomic E-state index is 13.2. The zero-order valence-corrected chi connectivity index (χ0v) is 20.9. The molecule has 0 N–H and O–H groups in total. The molecule has 0 radical (unpaired) electrons. The molecular formula is C32H31NO3. The predicted octanol–water partition coefficient (Wildman–Crippen LogP) is 7.34. The fourth-order valence-electron chi connectivity index (χ4n) is 4.97. The van der Waals surface area contributed by atoms with Crippen LogP contribution in [0.4, 0.5) is 0 Å². The summed E-state index contributed by atoms with van der Waals surface area (Å²) in [5.41, 5.74) is 5.10. The van der Waals surface area contributed by atoms with Gasteiger partial charge in [0.05, 0.1) is 13.2 Å². The number of esters is 1. The van der Waals surface area contributed by atoms with E-state index in [2.05, 4.69) is 66.1 Å². The molecule has 0 atom stereocenters. The van der Waals surface area contributed by atoms with E-state index >= 15 is 0 Å². The molecule has 4 heteroatoms. The average molecular weight is 478 g/mol. The van der Waals surface area contributed by atoms with Gasteiger partial charge in [-0.2, -0.15) is 0 Å². The molecule has 0 amide bonds. The van der Waals surface area contributed by atoms with Crippen LogP contribution < -0.4 is 4.74 Å². The molecule has 0 saturated carbocycles. The van der Waals surface area contributed by atoms with Gasteiger partial charge in [0.1, 0.15) is 11.4 Å². The Morgan fingerprint density at radius 2 is 1.61 bits per heavy atom. The van der Waals surface area contributed by atoms with Crippen molar-refractivity contribution in [1.29, 1.82) is 0 Å². The van der Waals surface area contributed by atoms with Crippen LogP contribution in [0.3, 0.4) is 0 Å². The van der Waals surface area contributed by atoms with Crippen molar-refractivity contribution >= 4 is 27.6 Å². The molecule has 36 heavy (non-hydrogen) atoms. The van der Waals surface area contributed by atoms with Crippen molar-refractivity contribution < 1.29 is 14.3 Å². The van der Waals surface area contributed by atoms with Crippen LogP contribution in [0.25, 0.3) is 21.7 Å². The summed E-state index contributed by atoms with van der Waals surface area (Å²) < 4.78 is 13.8. The minimum Gasteiger partial charge on any atom is -0.493 e. The third-order valence-corrected chi connectivity index (χ3v) is 6.54. The zero-order valence-electron chi connectivity index (χ0n) is 20.9. The van der Waals surface area contributed by atoms with E-state index in [9.17, 15) is 4.79 Å². The van der Waals surface area contributed by atoms with Gasteiger partial charge in [-0.1, -0.05) is 84.4 Å². The molecular weight excluding hydrogens is 446 g/mol. The topological polar surface area (TPSA) is 40.5 Å². The second-order valence-electron chi connectivity index (χ2n) is 9.06. The van der Waals surface area contributed by atoms with Gasteiger partial charge in [-0.25, -0.2) is 4.79 Å². The van der Waals surface area contributed by atoms with Gasteiger partial charge in [0, 0.05) is 29.3 Å². The van der Waals surface area contributed by atoms with Crippen LogP contribution in [0, 0.1) is 6.92 Å². The summed E-state index contributed by atoms with van der Waals surface area (Å²) in [7, 11) is 0. The molecule has 0 fully saturated rings. The Morgan fingerprint density at radius 1 is 0.861 bits per heavy atom. The first-order chi connectivity index (χ1) is 17.7. The number of para-hydroxylation sites is 1. The maximum Gasteiger partial charge on any atom is 0.355 e. The van der Waals surface area contributed by atoms with Crippen molar-refractivity contribution in [2.45, 2.75) is 33.2 Å². The van der Waals surface area contributed by atoms with Gasteiger partial charge in [-0.3, -0.25) is 0 Å². The first kappa shape index (κ1) is 23.7. The van der Waals surface area contributed by atoms with Gasteiger partial charge in [-0.05, 0) is 48.9 Å². The summed E-state index contributed by atoms with van der Waals surface area (Å²) in [5.74, 6) is 0.613. The number of carbonyl (C=O) groups is 1. The van der Waals surface area contributed by atoms with Crippen molar-refractivity contribution in [1.82, 2.24) is 4.57 Å². The number of aromatic nitrogens is 1. The maximum atomic E-state index is 13.2. The monoisotopic (exact) mass is 477 g/mol. The molecule has 0 unspecified atom stereocenters. The van der Waals surface area contributed by atoms with Gasteiger partial charge >= 0.3 is 5.97 Å². The number of aryl methyl sites for hydroxylation is 2. The molecule has 0 aliphatic heterocycles. The van der Waals surface area contributed by atoms with Gasteiger partial charge in [-0.15, -0.1) is 0 Å². The van der Waals surface area contributed by atoms with E-state index in [4.69, 9.17) is 9.47 Å². The Labute approximate surface area is 212 Å². The number of hydrogen-bond acceptors (Lipinski definition) is 3. The fraction of sp³-hybridized carbons (Fsp3) is 0.219. The first-order valence-electron chi connectivity index (χ1n) is 12.6. The van der Waals surface area contributed by atoms with Gasteiger partial charge in [0.15, 0.2) is 0 Å². The highest BCUT2D eigenvalue weighted by Gasteiger charge is 2.23. The lowest BCUT2D eigenvalue weighted by atomic mass is 10.0. The van der Waals surface area contributed by atoms with Crippen molar-refractivity contribution in [2.75, 3.05) is 13.2 Å². The molecule has 5 rings (SSSR count). The van der Waals surface area contributed by atoms with Crippen LogP contribution in [-0.4, -0.2) is 23.8 Å². The van der Waals surface area contributed by atoms with Crippen LogP contribution in [0.1, 0.15) is 40.5 Å². The first-order valence-corrected chi connectivity index (χ1v) is 12.6. The van der Waals surface area contributed by atoms with E-state index in [1.165, 1.54) is 11.1 Å². The van der Waals surface area contributed by atoms with Crippen molar-refractivity contribution in [2.24, 2.45) is 0 Å². The quantitative estimate of drug-likeness (QED) is 0.165. The summed E-state index contributed by atoms with van der Waals surface area (Å²) in [6.45, 7) is 5.50. The third kappa shape index (κ3) is 4.85. The molecule has 0 spiro atoms. The number of ether oxygens (including phenoxy) is 2. The SMILES string of the molecule is CCOC(=O)c1c(Cc2cccc(C)c2)c2ccccc2n1CCCOc1cccc2ccccc12. The lowest BCUT2D eigenvalue weighted by molar-refractivity contribution is 0.0512. The van der Waals surface area contributed by atoms with Gasteiger partial charge in [0.2, 0.25) is 0 Å². The summed E-state index contributed by atoms with van der Waals surface area (Å²) in [6.07, 6.45) is 1.44. The number of nitrogens with zero attached hydrogens (tertiary/aromatic N) is 1. The summed E-state index contributed by atoms with van der Waals surface area (Å²) >= 11 is 0. The molecule has 182 valence electrons. The van der Waals surface area contributed by atoms with E-state index in [1.807, 2.05) is 43.3 Å². The van der Waals surface area contributed by atoms with Crippen molar-refractivity contribution in [3.05, 3.63) is 113 Å². The van der Waals surface area contributed by atoms with Crippen LogP contribution in [0.15, 0.2) is 91.0 Å². The Bertz CT molecular complexity index is 1510. The molecule has 0 aliphatic rings. The molecule has 0 bridgehead atoms. The van der Waals surface area contributed by atoms with E-state index in [1.54, 1.807) is 0 Å². The highest BCUT2D eigenvalue weighted by Crippen LogP contribution is 2.30. The Kier molecular flexibility index (Phi) is 7.03. The van der Waals surface area contributed by atoms with E-state index < -0.39 is 0 Å². The minimum atomic E-state index is -0.272. The van der Waals surface area contributed by atoms with Crippen molar-refractivity contribution in [3.8, 4) is 5.75 Å². The van der Waals surface area contributed by atoms with Gasteiger partial charge < -0.3 is 14.0 Å². The second kappa shape index (κ2) is 10.7. The van der Waals surface area contributed by atoms with Crippen molar-refractivity contribution in [3.63, 3.8) is 0 Å². The number of carbonyl (C=O) groups excluding carboxylic acids is 1. The van der Waals surface area contributed by atoms with Gasteiger partial charge in [0.25, 0.3) is 0 Å². The zero-order chi connectivity index (χ0) is 24.9. The van der Waals surface area contributed by atoms with E-state index in [0.29, 0.717) is 31.9 Å². The Hall–Kier alpha value is -4.05. The standard InChI is InChI=1S/C32H31NO3/c1-3-35-32(34)31-28(22-24-12-8-11-23(2)21-24)27-16-6-7-17-29(27)33(31)19-10-20-36-30-18-9-14-25-13-4-5-15-26(25)30/h4-9,11-18,21H,3,10,19-20,22H2,1-2H3. The van der Waals surface area contributed by atoms with Crippen LogP contribution in [0.2, 0.25) is 0 Å². The highest BCUT2D eigenvalue weighted by molar-refractivity contribution is 5.99. The van der Waals surface area contributed by atoms with Crippen LogP contribution in [-0.2, 0) is 17.7 Å². The van der Waals surface area contributed by atoms with E-state index in [-0.39, 0.29) is 5.97 Å². The molecule has 0 aliphatic carbocycles. The minimum absolute atomic E-state index is 0.272. The van der Waals surface area contributed by atoms with E-state index in [0.717, 1.165) is 39.4 Å². The van der Waals surface area contributed by atoms with Crippen LogP contribution in [0.5, 0.6) is 5.75 Å². The summed E-state index contributed by atoms with van der Waals surface area (Å²) in [5, 5.41) is 3.37. The number of fused-ring (bicyclic) bond motifs is 2. The molecule has 1 aromatic heterocycles. The largest absolute Gasteiger partial charge is 0.493 e. The fourth-order valence-corrected chi connectivity index (χ4v) is 4.97. The Morgan fingerprint density at radius 3 is 2.44 bits per heavy atom. The molecule has 1 heterocycles. The molecule has 4 nitrogen and oxygen atoms in total. The molecule has 0 saturated heterocycles. The highest BCUT2D eigenvalue weighted by atomic mass is 16.5. The lowest BCUT2D eigenvalue weighted by Crippen LogP contribution is -2.16. The number of rotatable bonds is 9. The average Bonchev–Trinajstić information content (AvgIpc) is 3.20. The molecule has 5 aromatic rings. The number of benzene rings is 4. The van der Waals surface area contributed by atoms with Crippen LogP contribution >= 0.6 is 0 Å². The number of hydrogen-bond donors (Lipinski definition) is 0. The second-order valence-corrected chi connectivity index (χ2v) is 9.06.